The van der Waals surface area contributed by atoms with Crippen molar-refractivity contribution in [2.75, 3.05) is 7.05 Å². The lowest BCUT2D eigenvalue weighted by Gasteiger charge is -2.26. The van der Waals surface area contributed by atoms with E-state index < -0.39 is 5.60 Å². The summed E-state index contributed by atoms with van der Waals surface area (Å²) >= 11 is 0. The third kappa shape index (κ3) is 4.84. The quantitative estimate of drug-likeness (QED) is 0.699. The Bertz CT molecular complexity index is 335. The molecule has 0 heterocycles. The predicted octanol–water partition coefficient (Wildman–Crippen LogP) is 2.22. The van der Waals surface area contributed by atoms with Gasteiger partial charge in [0.25, 0.3) is 0 Å². The van der Waals surface area contributed by atoms with Crippen molar-refractivity contribution < 1.29 is 9.90 Å². The van der Waals surface area contributed by atoms with Crippen molar-refractivity contribution >= 4 is 5.78 Å². The number of nitrogens with one attached hydrogen (secondary N) is 1. The van der Waals surface area contributed by atoms with Gasteiger partial charge >= 0.3 is 0 Å². The zero-order valence-corrected chi connectivity index (χ0v) is 11.8. The summed E-state index contributed by atoms with van der Waals surface area (Å²) in [7, 11) is 1.77. The Morgan fingerprint density at radius 2 is 1.82 bits per heavy atom. The molecule has 0 aliphatic rings. The van der Waals surface area contributed by atoms with E-state index >= 15 is 0 Å². The van der Waals surface area contributed by atoms with Crippen molar-refractivity contribution in [3.05, 3.63) is 23.3 Å². The first-order valence-corrected chi connectivity index (χ1v) is 5.87. The second-order valence-electron chi connectivity index (χ2n) is 5.15. The lowest BCUT2D eigenvalue weighted by atomic mass is 9.86. The van der Waals surface area contributed by atoms with Crippen LogP contribution in [0.25, 0.3) is 0 Å². The van der Waals surface area contributed by atoms with Gasteiger partial charge in [0.15, 0.2) is 0 Å². The van der Waals surface area contributed by atoms with Crippen molar-refractivity contribution in [1.29, 1.82) is 0 Å². The van der Waals surface area contributed by atoms with Crippen LogP contribution in [0, 0.1) is 0 Å². The van der Waals surface area contributed by atoms with Crippen LogP contribution in [0.4, 0.5) is 0 Å². The molecule has 0 aliphatic heterocycles. The van der Waals surface area contributed by atoms with Crippen LogP contribution in [-0.4, -0.2) is 29.6 Å². The minimum absolute atomic E-state index is 0.101. The fourth-order valence-electron chi connectivity index (χ4n) is 2.27. The zero-order valence-electron chi connectivity index (χ0n) is 11.8. The highest BCUT2D eigenvalue weighted by Crippen LogP contribution is 2.27. The summed E-state index contributed by atoms with van der Waals surface area (Å²) in [6.07, 6.45) is 0.595. The van der Waals surface area contributed by atoms with Crippen molar-refractivity contribution in [3.63, 3.8) is 0 Å². The smallest absolute Gasteiger partial charge is 0.146 e. The van der Waals surface area contributed by atoms with Crippen LogP contribution in [0.15, 0.2) is 23.3 Å². The molecule has 0 spiro atoms. The molecule has 1 atom stereocenters. The van der Waals surface area contributed by atoms with Gasteiger partial charge in [-0.25, -0.2) is 0 Å². The Morgan fingerprint density at radius 3 is 2.06 bits per heavy atom. The molecular formula is C14H25NO2. The van der Waals surface area contributed by atoms with Gasteiger partial charge in [-0.05, 0) is 53.7 Å². The molecule has 98 valence electrons. The largest absolute Gasteiger partial charge is 0.386 e. The fraction of sp³-hybridized carbons (Fsp3) is 0.643. The number of hydrogen-bond donors (Lipinski definition) is 2. The van der Waals surface area contributed by atoms with Gasteiger partial charge in [0, 0.05) is 0 Å². The van der Waals surface area contributed by atoms with Gasteiger partial charge in [0.05, 0.1) is 11.6 Å². The first-order valence-electron chi connectivity index (χ1n) is 5.87. The summed E-state index contributed by atoms with van der Waals surface area (Å²) in [5.41, 5.74) is 1.75. The molecule has 3 heteroatoms. The second kappa shape index (κ2) is 6.12. The highest BCUT2D eigenvalue weighted by molar-refractivity contribution is 5.81. The molecule has 0 aromatic heterocycles. The van der Waals surface area contributed by atoms with Crippen molar-refractivity contribution in [3.8, 4) is 0 Å². The zero-order chi connectivity index (χ0) is 13.8. The van der Waals surface area contributed by atoms with Gasteiger partial charge in [-0.15, -0.1) is 0 Å². The van der Waals surface area contributed by atoms with Crippen molar-refractivity contribution in [2.24, 2.45) is 0 Å². The van der Waals surface area contributed by atoms with Crippen LogP contribution in [0.5, 0.6) is 0 Å². The van der Waals surface area contributed by atoms with Crippen LogP contribution >= 0.6 is 0 Å². The molecule has 17 heavy (non-hydrogen) atoms. The van der Waals surface area contributed by atoms with Crippen molar-refractivity contribution in [2.45, 2.75) is 52.7 Å². The third-order valence-corrected chi connectivity index (χ3v) is 2.81. The molecule has 0 amide bonds. The highest BCUT2D eigenvalue weighted by Gasteiger charge is 2.24. The maximum Gasteiger partial charge on any atom is 0.146 e. The summed E-state index contributed by atoms with van der Waals surface area (Å²) in [5.74, 6) is 0.101. The van der Waals surface area contributed by atoms with Crippen LogP contribution in [0.3, 0.4) is 0 Å². The topological polar surface area (TPSA) is 49.3 Å². The first kappa shape index (κ1) is 16.1. The van der Waals surface area contributed by atoms with Crippen LogP contribution in [0.2, 0.25) is 0 Å². The standard InChI is InChI=1S/C14H25NO2/c1-9(2)13(14(5,6)17)10(3)8-12(15-7)11(4)16/h12,15,17H,1,8H2,2-7H3/b13-10+. The average molecular weight is 239 g/mol. The Labute approximate surface area is 105 Å². The summed E-state index contributed by atoms with van der Waals surface area (Å²) in [6, 6.07) is -0.202. The second-order valence-corrected chi connectivity index (χ2v) is 5.15. The number of carbonyl (C=O) groups excluding carboxylic acids is 1. The summed E-state index contributed by atoms with van der Waals surface area (Å²) in [4.78, 5) is 11.4. The molecule has 0 rings (SSSR count). The molecule has 3 nitrogen and oxygen atoms in total. The van der Waals surface area contributed by atoms with E-state index in [0.29, 0.717) is 6.42 Å². The molecule has 2 N–H and O–H groups in total. The normalized spacial score (nSPS) is 15.2. The molecule has 0 fully saturated rings. The molecule has 0 aromatic rings. The number of rotatable bonds is 6. The molecule has 0 aliphatic carbocycles. The summed E-state index contributed by atoms with van der Waals surface area (Å²) in [6.45, 7) is 12.8. The number of carbonyl (C=O) groups is 1. The van der Waals surface area contributed by atoms with Crippen LogP contribution < -0.4 is 5.32 Å². The molecule has 0 saturated heterocycles. The van der Waals surface area contributed by atoms with Crippen LogP contribution in [0.1, 0.15) is 41.0 Å². The average Bonchev–Trinajstić information content (AvgIpc) is 2.10. The van der Waals surface area contributed by atoms with Gasteiger partial charge < -0.3 is 10.4 Å². The molecular weight excluding hydrogens is 214 g/mol. The SMILES string of the molecule is C=C(C)/C(=C(/C)CC(NC)C(C)=O)C(C)(C)O. The van der Waals surface area contributed by atoms with Gasteiger partial charge in [0.1, 0.15) is 5.78 Å². The van der Waals surface area contributed by atoms with E-state index in [0.717, 1.165) is 16.7 Å². The Balaban J connectivity index is 5.24. The maximum absolute atomic E-state index is 11.4. The number of hydrogen-bond acceptors (Lipinski definition) is 3. The molecule has 1 unspecified atom stereocenters. The van der Waals surface area contributed by atoms with Gasteiger partial charge in [-0.2, -0.15) is 0 Å². The Kier molecular flexibility index (Phi) is 5.79. The minimum Gasteiger partial charge on any atom is -0.386 e. The predicted molar refractivity (Wildman–Crippen MR) is 72.0 cm³/mol. The number of aliphatic hydroxyl groups is 1. The lowest BCUT2D eigenvalue weighted by Crippen LogP contribution is -2.33. The monoisotopic (exact) mass is 239 g/mol. The number of likely N-dealkylation sites (N-methyl/N-ethyl adjacent to an activating group) is 1. The number of ketones is 1. The fourth-order valence-corrected chi connectivity index (χ4v) is 2.27. The van der Waals surface area contributed by atoms with E-state index in [9.17, 15) is 9.90 Å². The van der Waals surface area contributed by atoms with E-state index in [1.54, 1.807) is 27.8 Å². The van der Waals surface area contributed by atoms with E-state index in [2.05, 4.69) is 11.9 Å². The molecule has 0 saturated carbocycles. The van der Waals surface area contributed by atoms with Gasteiger partial charge in [-0.1, -0.05) is 17.7 Å². The minimum atomic E-state index is -0.926. The first-order chi connectivity index (χ1) is 7.61. The van der Waals surface area contributed by atoms with E-state index in [1.165, 1.54) is 0 Å². The summed E-state index contributed by atoms with van der Waals surface area (Å²) in [5, 5.41) is 13.1. The maximum atomic E-state index is 11.4. The van der Waals surface area contributed by atoms with Gasteiger partial charge in [-0.3, -0.25) is 4.79 Å². The van der Waals surface area contributed by atoms with E-state index in [4.69, 9.17) is 0 Å². The molecule has 0 radical (unpaired) electrons. The Morgan fingerprint density at radius 1 is 1.35 bits per heavy atom. The lowest BCUT2D eigenvalue weighted by molar-refractivity contribution is -0.118. The number of Topliss-reactive ketones (excluding diaryl/α,β-unsaturated/α-hetero) is 1. The highest BCUT2D eigenvalue weighted by atomic mass is 16.3. The molecule has 0 aromatic carbocycles. The van der Waals surface area contributed by atoms with Crippen molar-refractivity contribution in [1.82, 2.24) is 5.32 Å². The van der Waals surface area contributed by atoms with E-state index in [-0.39, 0.29) is 11.8 Å². The van der Waals surface area contributed by atoms with E-state index in [1.807, 2.05) is 13.8 Å². The summed E-state index contributed by atoms with van der Waals surface area (Å²) < 4.78 is 0. The van der Waals surface area contributed by atoms with Crippen LogP contribution in [-0.2, 0) is 4.79 Å². The third-order valence-electron chi connectivity index (χ3n) is 2.81. The van der Waals surface area contributed by atoms with Gasteiger partial charge in [0.2, 0.25) is 0 Å². The molecule has 0 bridgehead atoms. The Hall–Kier alpha value is -0.930.